The predicted octanol–water partition coefficient (Wildman–Crippen LogP) is 8.16. The molecule has 1 aliphatic rings. The van der Waals surface area contributed by atoms with E-state index < -0.39 is 0 Å². The van der Waals surface area contributed by atoms with Crippen molar-refractivity contribution in [2.75, 3.05) is 19.0 Å². The molecule has 0 amide bonds. The first-order valence-electron chi connectivity index (χ1n) is 14.4. The first-order chi connectivity index (χ1) is 22.6. The maximum absolute atomic E-state index is 6.57. The van der Waals surface area contributed by atoms with E-state index in [-0.39, 0.29) is 42.1 Å². The average molecular weight is 1000 g/mol. The molecule has 2 aromatic heterocycles. The van der Waals surface area contributed by atoms with Crippen molar-refractivity contribution in [2.24, 2.45) is 0 Å². The average Bonchev–Trinajstić information content (AvgIpc) is 3.81. The largest absolute Gasteiger partial charge is 4.00 e. The van der Waals surface area contributed by atoms with Gasteiger partial charge in [-0.05, 0) is 12.1 Å². The number of para-hydroxylation sites is 1. The van der Waals surface area contributed by atoms with Gasteiger partial charge in [-0.3, -0.25) is 11.1 Å². The molecule has 1 aliphatic heterocycles. The van der Waals surface area contributed by atoms with Gasteiger partial charge in [-0.15, -0.1) is 53.7 Å². The van der Waals surface area contributed by atoms with Crippen LogP contribution in [0.25, 0.3) is 22.4 Å². The Hall–Kier alpha value is -4.48. The van der Waals surface area contributed by atoms with E-state index in [4.69, 9.17) is 6.42 Å². The monoisotopic (exact) mass is 999 g/mol. The van der Waals surface area contributed by atoms with Crippen molar-refractivity contribution in [3.8, 4) is 28.4 Å². The fourth-order valence-electron chi connectivity index (χ4n) is 4.58. The van der Waals surface area contributed by atoms with E-state index in [1.807, 2.05) is 121 Å². The van der Waals surface area contributed by atoms with E-state index in [1.54, 1.807) is 34.9 Å². The van der Waals surface area contributed by atoms with Gasteiger partial charge in [0, 0.05) is 19.4 Å². The van der Waals surface area contributed by atoms with Crippen LogP contribution in [0, 0.1) is 42.8 Å². The standard InChI is InChI=1S/C34H23N4S.C6H4N.2Pt/c1-36-19-20-38(25-36)31-14-8-16-33(24-31)39-32-15-7-10-28(22-32)34-23-27(17-18-35-34)26-9-6-13-30(21-26)37(2)29-11-4-3-5-12-29;1-2-7-5-3-4-6-7;;/h3-11,13-16,18-20,23H,1-2H3;3-6H;;/q-3;-1;+2;+4. The fourth-order valence-corrected chi connectivity index (χ4v) is 5.43. The molecular weight excluding hydrogens is 973 g/mol. The van der Waals surface area contributed by atoms with Gasteiger partial charge in [0.1, 0.15) is 5.69 Å². The summed E-state index contributed by atoms with van der Waals surface area (Å²) in [4.78, 5) is 8.67. The molecule has 0 saturated carbocycles. The molecule has 5 nitrogen and oxygen atoms in total. The van der Waals surface area contributed by atoms with Crippen LogP contribution >= 0.6 is 11.8 Å². The third kappa shape index (κ3) is 9.32. The molecule has 0 bridgehead atoms. The van der Waals surface area contributed by atoms with E-state index >= 15 is 0 Å². The number of benzene rings is 4. The van der Waals surface area contributed by atoms with Gasteiger partial charge in [-0.25, -0.2) is 24.2 Å². The molecule has 0 spiro atoms. The van der Waals surface area contributed by atoms with Gasteiger partial charge in [0.05, 0.1) is 0 Å². The zero-order valence-corrected chi connectivity index (χ0v) is 31.3. The van der Waals surface area contributed by atoms with Gasteiger partial charge in [-0.1, -0.05) is 54.3 Å². The van der Waals surface area contributed by atoms with Crippen LogP contribution in [0.4, 0.5) is 17.1 Å². The molecule has 0 unspecified atom stereocenters. The van der Waals surface area contributed by atoms with E-state index in [0.717, 1.165) is 49.2 Å². The van der Waals surface area contributed by atoms with Crippen molar-refractivity contribution >= 4 is 34.8 Å². The summed E-state index contributed by atoms with van der Waals surface area (Å²) < 4.78 is 5.36. The second-order valence-corrected chi connectivity index (χ2v) is 11.2. The van der Waals surface area contributed by atoms with Crippen molar-refractivity contribution in [2.45, 2.75) is 9.79 Å². The molecule has 0 saturated heterocycles. The second-order valence-electron chi connectivity index (χ2n) is 10.1. The van der Waals surface area contributed by atoms with Crippen LogP contribution in [-0.4, -0.2) is 38.8 Å². The van der Waals surface area contributed by atoms with Crippen LogP contribution < -0.4 is 4.90 Å². The first kappa shape index (κ1) is 36.4. The molecule has 0 aliphatic carbocycles. The van der Waals surface area contributed by atoms with Crippen molar-refractivity contribution in [1.29, 1.82) is 0 Å². The third-order valence-electron chi connectivity index (χ3n) is 6.91. The Morgan fingerprint density at radius 3 is 2.25 bits per heavy atom. The van der Waals surface area contributed by atoms with Crippen LogP contribution in [0.1, 0.15) is 0 Å². The molecular formula is C40H27N5Pt2S+2. The number of nitrogens with zero attached hydrogens (tertiary/aromatic N) is 5. The molecule has 8 heteroatoms. The van der Waals surface area contributed by atoms with Crippen LogP contribution in [0.2, 0.25) is 0 Å². The van der Waals surface area contributed by atoms with Crippen LogP contribution in [0.5, 0.6) is 0 Å². The zero-order valence-electron chi connectivity index (χ0n) is 25.9. The van der Waals surface area contributed by atoms with Crippen LogP contribution in [-0.2, 0) is 42.1 Å². The Kier molecular flexibility index (Phi) is 13.3. The number of hydrogen-bond acceptors (Lipinski definition) is 3. The van der Waals surface area contributed by atoms with Crippen LogP contribution in [0.3, 0.4) is 0 Å². The number of aromatic nitrogens is 2. The van der Waals surface area contributed by atoms with Gasteiger partial charge in [-0.2, -0.15) is 48.5 Å². The molecule has 4 aromatic carbocycles. The molecule has 7 rings (SSSR count). The minimum atomic E-state index is 0. The second kappa shape index (κ2) is 17.6. The zero-order chi connectivity index (χ0) is 31.7. The minimum absolute atomic E-state index is 0. The maximum atomic E-state index is 6.57. The maximum Gasteiger partial charge on any atom is 4.00 e. The molecule has 0 N–H and O–H groups in total. The molecule has 236 valence electrons. The molecule has 0 atom stereocenters. The molecule has 6 aromatic rings. The van der Waals surface area contributed by atoms with Gasteiger partial charge in [0.25, 0.3) is 6.20 Å². The molecule has 48 heavy (non-hydrogen) atoms. The summed E-state index contributed by atoms with van der Waals surface area (Å²) >= 11 is 1.62. The first-order valence-corrected chi connectivity index (χ1v) is 15.2. The summed E-state index contributed by atoms with van der Waals surface area (Å²) in [7, 11) is 3.97. The Morgan fingerprint density at radius 1 is 0.812 bits per heavy atom. The number of anilines is 2. The Balaban J connectivity index is 0.000000516. The number of hydrogen-bond donors (Lipinski definition) is 0. The van der Waals surface area contributed by atoms with Crippen molar-refractivity contribution < 1.29 is 51.3 Å². The van der Waals surface area contributed by atoms with E-state index in [9.17, 15) is 0 Å². The summed E-state index contributed by atoms with van der Waals surface area (Å²) in [6.07, 6.45) is 15.7. The van der Waals surface area contributed by atoms with Crippen LogP contribution in [0.15, 0.2) is 138 Å². The van der Waals surface area contributed by atoms with Gasteiger partial charge in [0.15, 0.2) is 7.05 Å². The van der Waals surface area contributed by atoms with Crippen molar-refractivity contribution in [1.82, 2.24) is 9.55 Å². The molecule has 0 fully saturated rings. The Bertz CT molecular complexity index is 2110. The number of rotatable bonds is 7. The van der Waals surface area contributed by atoms with Crippen molar-refractivity contribution in [3.63, 3.8) is 0 Å². The van der Waals surface area contributed by atoms with Gasteiger partial charge < -0.3 is 20.9 Å². The smallest absolute Gasteiger partial charge is 0.669 e. The molecule has 3 heterocycles. The predicted molar refractivity (Wildman–Crippen MR) is 182 cm³/mol. The van der Waals surface area contributed by atoms with Gasteiger partial charge in [0.2, 0.25) is 6.20 Å². The van der Waals surface area contributed by atoms with Gasteiger partial charge >= 0.3 is 48.1 Å². The van der Waals surface area contributed by atoms with E-state index in [0.29, 0.717) is 0 Å². The summed E-state index contributed by atoms with van der Waals surface area (Å²) in [5, 5.41) is 0. The Morgan fingerprint density at radius 2 is 1.54 bits per heavy atom. The quantitative estimate of drug-likeness (QED) is 0.0919. The minimum Gasteiger partial charge on any atom is -0.669 e. The summed E-state index contributed by atoms with van der Waals surface area (Å²) in [5.41, 5.74) is 6.51. The third-order valence-corrected chi connectivity index (χ3v) is 7.82. The topological polar surface area (TPSA) is 27.1 Å². The SMILES string of the molecule is CN(c1[c-]cccc1)c1[c-]c(-c2[c-]cnc(-c3[c-]c(Sc4[c-]c([N+]5=C=[N+](C)C=C5)ccc4)ccc3)c2)ccc1.[C-]#Cn1cccc1.[Pt+2].[Pt+4]. The normalized spacial score (nSPS) is 11.1. The summed E-state index contributed by atoms with van der Waals surface area (Å²) in [5.74, 6) is 0. The Labute approximate surface area is 315 Å². The molecule has 0 radical (unpaired) electrons. The fraction of sp³-hybridized carbons (Fsp3) is 0.0500. The summed E-state index contributed by atoms with van der Waals surface area (Å²) in [6.45, 7) is 0. The number of pyridine rings is 1. The van der Waals surface area contributed by atoms with Crippen molar-refractivity contribution in [3.05, 3.63) is 165 Å². The summed E-state index contributed by atoms with van der Waals surface area (Å²) in [6, 6.07) is 54.5. The van der Waals surface area contributed by atoms with E-state index in [1.165, 1.54) is 0 Å². The van der Waals surface area contributed by atoms with E-state index in [2.05, 4.69) is 64.4 Å².